The maximum absolute atomic E-state index is 13.9. The minimum atomic E-state index is -2.51. The number of hydrogen-bond donors (Lipinski definition) is 2. The quantitative estimate of drug-likeness (QED) is 0.165. The summed E-state index contributed by atoms with van der Waals surface area (Å²) in [5, 5.41) is 11.4. The van der Waals surface area contributed by atoms with E-state index in [0.29, 0.717) is 17.9 Å². The Morgan fingerprint density at radius 3 is 1.89 bits per heavy atom. The summed E-state index contributed by atoms with van der Waals surface area (Å²) in [6.45, 7) is 33.4. The number of rotatable bonds is 13. The predicted octanol–water partition coefficient (Wildman–Crippen LogP) is 8.90. The number of nitrogens with one attached hydrogen (secondary N) is 1. The zero-order chi connectivity index (χ0) is 40.7. The van der Waals surface area contributed by atoms with E-state index in [9.17, 15) is 14.7 Å². The van der Waals surface area contributed by atoms with Crippen LogP contribution in [0.1, 0.15) is 91.3 Å². The molecule has 1 aromatic heterocycles. The topological polar surface area (TPSA) is 121 Å². The first-order chi connectivity index (χ1) is 24.6. The molecule has 10 nitrogen and oxygen atoms in total. The summed E-state index contributed by atoms with van der Waals surface area (Å²) in [5.74, 6) is 0.539. The van der Waals surface area contributed by atoms with Gasteiger partial charge in [-0.2, -0.15) is 0 Å². The lowest BCUT2D eigenvalue weighted by Crippen LogP contribution is -2.55. The highest BCUT2D eigenvalue weighted by atomic mass is 28.4. The standard InChI is InChI=1S/C41H66N2O8Si3/c1-39(2,3)52(10,11)48-27-32-34(50-53(12,13)40(4,5)6)35(51-54(14,15)41(7,8)9)37(49-32)43-25-31(36(45)42-38(43)46)33(44)29-22-19-23-30(24-29)47-26-28-20-17-16-18-21-28/h16-25,32-35,37,44H,26-27H2,1-15H3,(H,42,45,46)/t32-,33?,34-,35-,37-/m1/s1. The predicted molar refractivity (Wildman–Crippen MR) is 224 cm³/mol. The summed E-state index contributed by atoms with van der Waals surface area (Å²) < 4.78 is 35.5. The third-order valence-electron chi connectivity index (χ3n) is 12.2. The summed E-state index contributed by atoms with van der Waals surface area (Å²) in [7, 11) is -7.16. The van der Waals surface area contributed by atoms with Gasteiger partial charge in [0.15, 0.2) is 31.2 Å². The Morgan fingerprint density at radius 1 is 0.778 bits per heavy atom. The maximum Gasteiger partial charge on any atom is 0.330 e. The van der Waals surface area contributed by atoms with E-state index in [1.807, 2.05) is 30.3 Å². The molecule has 2 heterocycles. The molecule has 0 spiro atoms. The number of H-pyrrole nitrogens is 1. The van der Waals surface area contributed by atoms with E-state index in [1.54, 1.807) is 24.3 Å². The van der Waals surface area contributed by atoms with Crippen LogP contribution in [-0.2, 0) is 24.6 Å². The molecule has 54 heavy (non-hydrogen) atoms. The van der Waals surface area contributed by atoms with Crippen LogP contribution < -0.4 is 16.0 Å². The first kappa shape index (κ1) is 44.1. The molecule has 1 unspecified atom stereocenters. The second kappa shape index (κ2) is 16.1. The highest BCUT2D eigenvalue weighted by Crippen LogP contribution is 2.46. The lowest BCUT2D eigenvalue weighted by Gasteiger charge is -2.44. The summed E-state index contributed by atoms with van der Waals surface area (Å²) >= 11 is 0. The average Bonchev–Trinajstić information content (AvgIpc) is 3.36. The Hall–Kier alpha value is -2.63. The van der Waals surface area contributed by atoms with Crippen molar-refractivity contribution in [1.29, 1.82) is 0 Å². The fourth-order valence-corrected chi connectivity index (χ4v) is 9.07. The molecule has 0 amide bonds. The van der Waals surface area contributed by atoms with E-state index in [4.69, 9.17) is 22.8 Å². The molecule has 13 heteroatoms. The molecular formula is C41H66N2O8Si3. The smallest absolute Gasteiger partial charge is 0.330 e. The molecule has 5 atom stereocenters. The first-order valence-electron chi connectivity index (χ1n) is 19.1. The molecule has 300 valence electrons. The zero-order valence-corrected chi connectivity index (χ0v) is 38.3. The Balaban J connectivity index is 1.80. The maximum atomic E-state index is 13.9. The normalized spacial score (nSPS) is 21.0. The van der Waals surface area contributed by atoms with Crippen LogP contribution >= 0.6 is 0 Å². The van der Waals surface area contributed by atoms with Gasteiger partial charge in [-0.1, -0.05) is 105 Å². The fourth-order valence-electron chi connectivity index (χ4n) is 5.45. The van der Waals surface area contributed by atoms with Crippen molar-refractivity contribution in [2.45, 2.75) is 154 Å². The SMILES string of the molecule is CC(C)(C)[Si](C)(C)OC[C@H]1O[C@@H](n2cc(C(O)c3cccc(OCc4ccccc4)c3)c(=O)[nH]c2=O)[C@H](O[Si](C)(C)C(C)(C)C)[C@@H]1O[Si](C)(C)C(C)(C)C. The molecule has 0 bridgehead atoms. The van der Waals surface area contributed by atoms with Crippen molar-refractivity contribution in [1.82, 2.24) is 9.55 Å². The number of hydrogen-bond acceptors (Lipinski definition) is 8. The number of aromatic amines is 1. The van der Waals surface area contributed by atoms with Crippen molar-refractivity contribution in [3.8, 4) is 5.75 Å². The van der Waals surface area contributed by atoms with Gasteiger partial charge in [-0.15, -0.1) is 0 Å². The molecule has 3 aromatic rings. The van der Waals surface area contributed by atoms with E-state index in [0.717, 1.165) is 5.56 Å². The lowest BCUT2D eigenvalue weighted by atomic mass is 10.0. The van der Waals surface area contributed by atoms with Gasteiger partial charge in [0.25, 0.3) is 5.56 Å². The average molecular weight is 799 g/mol. The van der Waals surface area contributed by atoms with E-state index in [1.165, 1.54) is 10.8 Å². The van der Waals surface area contributed by atoms with Gasteiger partial charge in [0.05, 0.1) is 12.2 Å². The van der Waals surface area contributed by atoms with Gasteiger partial charge in [0.1, 0.15) is 36.8 Å². The monoisotopic (exact) mass is 798 g/mol. The highest BCUT2D eigenvalue weighted by molar-refractivity contribution is 6.75. The number of ether oxygens (including phenoxy) is 2. The zero-order valence-electron chi connectivity index (χ0n) is 35.3. The van der Waals surface area contributed by atoms with Crippen LogP contribution in [0.5, 0.6) is 5.75 Å². The van der Waals surface area contributed by atoms with Crippen molar-refractivity contribution in [2.24, 2.45) is 0 Å². The van der Waals surface area contributed by atoms with E-state index < -0.39 is 66.8 Å². The second-order valence-electron chi connectivity index (χ2n) is 19.3. The Bertz CT molecular complexity index is 1840. The van der Waals surface area contributed by atoms with Crippen molar-refractivity contribution >= 4 is 25.0 Å². The number of benzene rings is 2. The lowest BCUT2D eigenvalue weighted by molar-refractivity contribution is -0.0513. The second-order valence-corrected chi connectivity index (χ2v) is 33.6. The molecular weight excluding hydrogens is 733 g/mol. The van der Waals surface area contributed by atoms with Crippen molar-refractivity contribution < 1.29 is 27.9 Å². The minimum Gasteiger partial charge on any atom is -0.489 e. The van der Waals surface area contributed by atoms with E-state index in [-0.39, 0.29) is 27.3 Å². The van der Waals surface area contributed by atoms with Gasteiger partial charge < -0.3 is 27.9 Å². The van der Waals surface area contributed by atoms with Crippen molar-refractivity contribution in [3.63, 3.8) is 0 Å². The van der Waals surface area contributed by atoms with Gasteiger partial charge in [0, 0.05) is 6.20 Å². The van der Waals surface area contributed by atoms with Gasteiger partial charge in [-0.05, 0) is 77.7 Å². The van der Waals surface area contributed by atoms with Gasteiger partial charge in [-0.3, -0.25) is 14.3 Å². The Kier molecular flexibility index (Phi) is 13.1. The Morgan fingerprint density at radius 2 is 1.33 bits per heavy atom. The van der Waals surface area contributed by atoms with Crippen LogP contribution in [0.4, 0.5) is 0 Å². The van der Waals surface area contributed by atoms with Crippen LogP contribution in [0, 0.1) is 0 Å². The summed E-state index contributed by atoms with van der Waals surface area (Å²) in [6.07, 6.45) is -2.77. The fraction of sp³-hybridized carbons (Fsp3) is 0.610. The summed E-state index contributed by atoms with van der Waals surface area (Å²) in [4.78, 5) is 29.8. The molecule has 0 aliphatic carbocycles. The third-order valence-corrected chi connectivity index (χ3v) is 25.6. The molecule has 4 rings (SSSR count). The summed E-state index contributed by atoms with van der Waals surface area (Å²) in [6, 6.07) is 16.8. The van der Waals surface area contributed by atoms with Crippen LogP contribution in [0.25, 0.3) is 0 Å². The van der Waals surface area contributed by atoms with E-state index >= 15 is 0 Å². The number of aliphatic hydroxyl groups excluding tert-OH is 1. The van der Waals surface area contributed by atoms with Crippen molar-refractivity contribution in [3.05, 3.63) is 98.3 Å². The number of aromatic nitrogens is 2. The molecule has 0 saturated carbocycles. The minimum absolute atomic E-state index is 0.00711. The van der Waals surface area contributed by atoms with Gasteiger partial charge in [0.2, 0.25) is 0 Å². The van der Waals surface area contributed by atoms with Crippen LogP contribution in [0.2, 0.25) is 54.4 Å². The van der Waals surface area contributed by atoms with Crippen LogP contribution in [-0.4, -0.2) is 64.5 Å². The number of aliphatic hydroxyl groups is 1. The third kappa shape index (κ3) is 10.0. The molecule has 1 aliphatic heterocycles. The Labute approximate surface area is 326 Å². The van der Waals surface area contributed by atoms with Crippen LogP contribution in [0.15, 0.2) is 70.4 Å². The van der Waals surface area contributed by atoms with Crippen molar-refractivity contribution in [2.75, 3.05) is 6.61 Å². The molecule has 0 radical (unpaired) electrons. The molecule has 2 N–H and O–H groups in total. The molecule has 2 aromatic carbocycles. The van der Waals surface area contributed by atoms with Gasteiger partial charge in [-0.25, -0.2) is 4.79 Å². The van der Waals surface area contributed by atoms with Gasteiger partial charge >= 0.3 is 5.69 Å². The molecule has 1 aliphatic rings. The van der Waals surface area contributed by atoms with Crippen LogP contribution in [0.3, 0.4) is 0 Å². The number of nitrogens with zero attached hydrogens (tertiary/aromatic N) is 1. The molecule has 1 fully saturated rings. The summed E-state index contributed by atoms with van der Waals surface area (Å²) in [5.41, 5.74) is 0.0829. The first-order valence-corrected chi connectivity index (χ1v) is 27.8. The highest BCUT2D eigenvalue weighted by Gasteiger charge is 2.55. The largest absolute Gasteiger partial charge is 0.489 e. The molecule has 1 saturated heterocycles. The van der Waals surface area contributed by atoms with E-state index in [2.05, 4.69) is 107 Å².